The lowest BCUT2D eigenvalue weighted by Gasteiger charge is -2.24. The highest BCUT2D eigenvalue weighted by molar-refractivity contribution is 7.98. The van der Waals surface area contributed by atoms with Crippen LogP contribution in [0.15, 0.2) is 24.3 Å². The van der Waals surface area contributed by atoms with Crippen LogP contribution in [0.4, 0.5) is 0 Å². The van der Waals surface area contributed by atoms with Crippen LogP contribution in [0.5, 0.6) is 0 Å². The molecule has 1 aliphatic rings. The average molecular weight is 292 g/mol. The van der Waals surface area contributed by atoms with Crippen molar-refractivity contribution in [1.29, 1.82) is 0 Å². The molecule has 1 aromatic rings. The van der Waals surface area contributed by atoms with Crippen LogP contribution in [0.3, 0.4) is 0 Å². The fourth-order valence-electron chi connectivity index (χ4n) is 3.16. The van der Waals surface area contributed by atoms with Crippen LogP contribution in [0, 0.1) is 12.8 Å². The molecule has 0 aliphatic heterocycles. The van der Waals surface area contributed by atoms with Gasteiger partial charge < -0.3 is 5.32 Å². The van der Waals surface area contributed by atoms with E-state index < -0.39 is 0 Å². The second kappa shape index (κ2) is 8.74. The first-order chi connectivity index (χ1) is 9.79. The Hall–Kier alpha value is -0.470. The number of thioether (sulfide) groups is 1. The van der Waals surface area contributed by atoms with Gasteiger partial charge in [0.2, 0.25) is 0 Å². The first kappa shape index (κ1) is 15.9. The Morgan fingerprint density at radius 1 is 1.30 bits per heavy atom. The van der Waals surface area contributed by atoms with E-state index in [1.807, 2.05) is 0 Å². The molecule has 1 aliphatic carbocycles. The fraction of sp³-hybridized carbons (Fsp3) is 0.667. The van der Waals surface area contributed by atoms with Gasteiger partial charge in [0.15, 0.2) is 0 Å². The van der Waals surface area contributed by atoms with Crippen molar-refractivity contribution in [3.05, 3.63) is 35.4 Å². The molecule has 0 spiro atoms. The number of benzene rings is 1. The second-order valence-corrected chi connectivity index (χ2v) is 7.14. The van der Waals surface area contributed by atoms with Crippen molar-refractivity contribution in [2.45, 2.75) is 57.7 Å². The van der Waals surface area contributed by atoms with Crippen molar-refractivity contribution in [2.75, 3.05) is 12.3 Å². The summed E-state index contributed by atoms with van der Waals surface area (Å²) in [6, 6.07) is 9.65. The number of rotatable bonds is 8. The molecule has 1 atom stereocenters. The third-order valence-corrected chi connectivity index (χ3v) is 5.41. The summed E-state index contributed by atoms with van der Waals surface area (Å²) < 4.78 is 0. The van der Waals surface area contributed by atoms with E-state index in [4.69, 9.17) is 0 Å². The van der Waals surface area contributed by atoms with E-state index in [1.165, 1.54) is 55.5 Å². The SMILES string of the molecule is CCCNC(CSCc1cccc(C)c1)C1CCCC1. The summed E-state index contributed by atoms with van der Waals surface area (Å²) in [6.45, 7) is 5.61. The van der Waals surface area contributed by atoms with Gasteiger partial charge in [0.05, 0.1) is 0 Å². The Morgan fingerprint density at radius 2 is 2.10 bits per heavy atom. The zero-order valence-electron chi connectivity index (χ0n) is 13.0. The zero-order valence-corrected chi connectivity index (χ0v) is 13.8. The number of aryl methyl sites for hydroxylation is 1. The van der Waals surface area contributed by atoms with Gasteiger partial charge in [-0.1, -0.05) is 49.6 Å². The molecule has 0 aromatic heterocycles. The zero-order chi connectivity index (χ0) is 14.2. The first-order valence-corrected chi connectivity index (χ1v) is 9.31. The van der Waals surface area contributed by atoms with Crippen LogP contribution in [0.2, 0.25) is 0 Å². The smallest absolute Gasteiger partial charge is 0.0186 e. The predicted molar refractivity (Wildman–Crippen MR) is 91.4 cm³/mol. The van der Waals surface area contributed by atoms with Gasteiger partial charge in [-0.25, -0.2) is 0 Å². The molecule has 0 bridgehead atoms. The normalized spacial score (nSPS) is 17.5. The molecule has 0 amide bonds. The second-order valence-electron chi connectivity index (χ2n) is 6.11. The highest BCUT2D eigenvalue weighted by Gasteiger charge is 2.24. The highest BCUT2D eigenvalue weighted by Crippen LogP contribution is 2.29. The molecule has 2 rings (SSSR count). The Labute approximate surface area is 128 Å². The van der Waals surface area contributed by atoms with E-state index in [-0.39, 0.29) is 0 Å². The summed E-state index contributed by atoms with van der Waals surface area (Å²) in [7, 11) is 0. The minimum Gasteiger partial charge on any atom is -0.313 e. The lowest BCUT2D eigenvalue weighted by molar-refractivity contribution is 0.388. The summed E-state index contributed by atoms with van der Waals surface area (Å²) in [5.74, 6) is 3.34. The molecule has 112 valence electrons. The lowest BCUT2D eigenvalue weighted by Crippen LogP contribution is -2.37. The standard InChI is InChI=1S/C18H29NS/c1-3-11-19-18(17-9-4-5-10-17)14-20-13-16-8-6-7-15(2)12-16/h6-8,12,17-19H,3-5,9-11,13-14H2,1-2H3. The molecule has 1 nitrogen and oxygen atoms in total. The number of hydrogen-bond acceptors (Lipinski definition) is 2. The molecule has 1 saturated carbocycles. The van der Waals surface area contributed by atoms with E-state index in [0.717, 1.165) is 17.7 Å². The summed E-state index contributed by atoms with van der Waals surface area (Å²) in [5, 5.41) is 3.79. The van der Waals surface area contributed by atoms with Crippen LogP contribution in [0.1, 0.15) is 50.2 Å². The maximum atomic E-state index is 3.79. The first-order valence-electron chi connectivity index (χ1n) is 8.16. The van der Waals surface area contributed by atoms with Crippen molar-refractivity contribution in [3.63, 3.8) is 0 Å². The topological polar surface area (TPSA) is 12.0 Å². The summed E-state index contributed by atoms with van der Waals surface area (Å²) in [5.41, 5.74) is 2.84. The van der Waals surface area contributed by atoms with Gasteiger partial charge in [-0.05, 0) is 44.2 Å². The molecule has 1 aromatic carbocycles. The van der Waals surface area contributed by atoms with Gasteiger partial charge in [-0.2, -0.15) is 11.8 Å². The molecule has 2 heteroatoms. The Bertz CT molecular complexity index is 385. The third-order valence-electron chi connectivity index (χ3n) is 4.27. The third kappa shape index (κ3) is 5.14. The average Bonchev–Trinajstić information content (AvgIpc) is 2.96. The molecule has 20 heavy (non-hydrogen) atoms. The summed E-state index contributed by atoms with van der Waals surface area (Å²) >= 11 is 2.10. The van der Waals surface area contributed by atoms with E-state index >= 15 is 0 Å². The molecule has 0 heterocycles. The van der Waals surface area contributed by atoms with Crippen molar-refractivity contribution < 1.29 is 0 Å². The van der Waals surface area contributed by atoms with E-state index in [9.17, 15) is 0 Å². The van der Waals surface area contributed by atoms with Gasteiger partial charge in [-0.15, -0.1) is 0 Å². The molecular formula is C18H29NS. The number of hydrogen-bond donors (Lipinski definition) is 1. The van der Waals surface area contributed by atoms with Gasteiger partial charge in [0.1, 0.15) is 0 Å². The van der Waals surface area contributed by atoms with Crippen LogP contribution in [0.25, 0.3) is 0 Å². The van der Waals surface area contributed by atoms with Crippen LogP contribution in [-0.4, -0.2) is 18.3 Å². The van der Waals surface area contributed by atoms with Crippen molar-refractivity contribution in [1.82, 2.24) is 5.32 Å². The van der Waals surface area contributed by atoms with Crippen molar-refractivity contribution in [3.8, 4) is 0 Å². The quantitative estimate of drug-likeness (QED) is 0.739. The van der Waals surface area contributed by atoms with Crippen molar-refractivity contribution in [2.24, 2.45) is 5.92 Å². The van der Waals surface area contributed by atoms with E-state index in [2.05, 4.69) is 55.2 Å². The minimum absolute atomic E-state index is 0.729. The maximum absolute atomic E-state index is 3.79. The fourth-order valence-corrected chi connectivity index (χ4v) is 4.33. The lowest BCUT2D eigenvalue weighted by atomic mass is 10.00. The Kier molecular flexibility index (Phi) is 6.95. The molecule has 0 radical (unpaired) electrons. The number of nitrogens with one attached hydrogen (secondary N) is 1. The Morgan fingerprint density at radius 3 is 2.80 bits per heavy atom. The summed E-state index contributed by atoms with van der Waals surface area (Å²) in [6.07, 6.45) is 7.00. The van der Waals surface area contributed by atoms with Gasteiger partial charge in [0.25, 0.3) is 0 Å². The Balaban J connectivity index is 1.78. The molecule has 1 fully saturated rings. The van der Waals surface area contributed by atoms with Gasteiger partial charge in [-0.3, -0.25) is 0 Å². The molecule has 0 saturated heterocycles. The predicted octanol–water partition coefficient (Wildman–Crippen LogP) is 4.79. The van der Waals surface area contributed by atoms with Gasteiger partial charge in [0, 0.05) is 17.5 Å². The summed E-state index contributed by atoms with van der Waals surface area (Å²) in [4.78, 5) is 0. The molecule has 1 N–H and O–H groups in total. The van der Waals surface area contributed by atoms with Crippen LogP contribution < -0.4 is 5.32 Å². The van der Waals surface area contributed by atoms with Crippen molar-refractivity contribution >= 4 is 11.8 Å². The molecule has 1 unspecified atom stereocenters. The van der Waals surface area contributed by atoms with Crippen LogP contribution in [-0.2, 0) is 5.75 Å². The monoisotopic (exact) mass is 291 g/mol. The van der Waals surface area contributed by atoms with Crippen LogP contribution >= 0.6 is 11.8 Å². The largest absolute Gasteiger partial charge is 0.313 e. The van der Waals surface area contributed by atoms with E-state index in [0.29, 0.717) is 0 Å². The molecular weight excluding hydrogens is 262 g/mol. The maximum Gasteiger partial charge on any atom is 0.0186 e. The highest BCUT2D eigenvalue weighted by atomic mass is 32.2. The van der Waals surface area contributed by atoms with Gasteiger partial charge >= 0.3 is 0 Å². The van der Waals surface area contributed by atoms with E-state index in [1.54, 1.807) is 0 Å². The minimum atomic E-state index is 0.729.